The van der Waals surface area contributed by atoms with Crippen LogP contribution in [0.2, 0.25) is 0 Å². The summed E-state index contributed by atoms with van der Waals surface area (Å²) in [5.41, 5.74) is 4.56. The van der Waals surface area contributed by atoms with Crippen LogP contribution in [0.3, 0.4) is 0 Å². The van der Waals surface area contributed by atoms with Gasteiger partial charge >= 0.3 is 5.69 Å². The van der Waals surface area contributed by atoms with Crippen LogP contribution < -0.4 is 11.1 Å². The number of nitrogens with one attached hydrogen (secondary N) is 1. The second kappa shape index (κ2) is 5.03. The normalized spacial score (nSPS) is 10.3. The van der Waals surface area contributed by atoms with Gasteiger partial charge in [0, 0.05) is 6.07 Å². The number of aromatic nitrogens is 1. The number of pyridine rings is 1. The molecule has 0 aliphatic heterocycles. The molecule has 0 saturated heterocycles. The van der Waals surface area contributed by atoms with Crippen molar-refractivity contribution in [1.82, 2.24) is 4.98 Å². The van der Waals surface area contributed by atoms with Gasteiger partial charge in [-0.1, -0.05) is 0 Å². The molecule has 20 heavy (non-hydrogen) atoms. The van der Waals surface area contributed by atoms with Gasteiger partial charge in [0.05, 0.1) is 10.6 Å². The molecule has 1 aromatic heterocycles. The Hall–Kier alpha value is -2.84. The van der Waals surface area contributed by atoms with Crippen LogP contribution in [0.4, 0.5) is 36.2 Å². The van der Waals surface area contributed by atoms with E-state index in [-0.39, 0.29) is 17.3 Å². The molecule has 0 unspecified atom stereocenters. The third kappa shape index (κ3) is 2.46. The van der Waals surface area contributed by atoms with Gasteiger partial charge in [-0.3, -0.25) is 10.1 Å². The fourth-order valence-corrected chi connectivity index (χ4v) is 1.45. The lowest BCUT2D eigenvalue weighted by atomic mass is 10.2. The molecule has 0 saturated carbocycles. The number of nitrogens with two attached hydrogens (primary N) is 1. The van der Waals surface area contributed by atoms with Crippen LogP contribution in [0, 0.1) is 27.6 Å². The predicted molar refractivity (Wildman–Crippen MR) is 64.9 cm³/mol. The van der Waals surface area contributed by atoms with Gasteiger partial charge in [0.2, 0.25) is 5.82 Å². The first-order chi connectivity index (χ1) is 9.40. The number of hydrogen-bond acceptors (Lipinski definition) is 5. The molecule has 2 rings (SSSR count). The molecule has 1 aromatic carbocycles. The number of nitrogens with zero attached hydrogens (tertiary/aromatic N) is 2. The Balaban J connectivity index is 2.34. The third-order valence-electron chi connectivity index (χ3n) is 2.40. The maximum Gasteiger partial charge on any atom is 0.311 e. The van der Waals surface area contributed by atoms with Crippen LogP contribution in [0.5, 0.6) is 0 Å². The summed E-state index contributed by atoms with van der Waals surface area (Å²) in [4.78, 5) is 13.4. The molecule has 0 aliphatic rings. The Morgan fingerprint density at radius 1 is 1.15 bits per heavy atom. The first kappa shape index (κ1) is 13.6. The minimum absolute atomic E-state index is 0.0435. The average Bonchev–Trinajstić information content (AvgIpc) is 2.39. The molecular weight excluding hydrogens is 277 g/mol. The lowest BCUT2D eigenvalue weighted by Gasteiger charge is -2.08. The number of nitro groups is 1. The number of halogens is 3. The Labute approximate surface area is 110 Å². The van der Waals surface area contributed by atoms with Gasteiger partial charge in [0.1, 0.15) is 5.82 Å². The zero-order valence-electron chi connectivity index (χ0n) is 9.73. The monoisotopic (exact) mass is 284 g/mol. The van der Waals surface area contributed by atoms with E-state index in [1.165, 1.54) is 0 Å². The molecule has 0 atom stereocenters. The number of rotatable bonds is 3. The van der Waals surface area contributed by atoms with Crippen molar-refractivity contribution in [1.29, 1.82) is 0 Å². The highest BCUT2D eigenvalue weighted by Crippen LogP contribution is 2.25. The zero-order valence-corrected chi connectivity index (χ0v) is 9.73. The quantitative estimate of drug-likeness (QED) is 0.513. The van der Waals surface area contributed by atoms with Gasteiger partial charge in [0.15, 0.2) is 17.5 Å². The minimum Gasteiger partial charge on any atom is -0.378 e. The second-order valence-corrected chi connectivity index (χ2v) is 3.71. The molecule has 1 heterocycles. The van der Waals surface area contributed by atoms with Gasteiger partial charge in [-0.05, 0) is 18.2 Å². The van der Waals surface area contributed by atoms with Crippen LogP contribution in [-0.4, -0.2) is 9.91 Å². The second-order valence-electron chi connectivity index (χ2n) is 3.71. The van der Waals surface area contributed by atoms with E-state index in [4.69, 9.17) is 5.73 Å². The van der Waals surface area contributed by atoms with Crippen LogP contribution in [-0.2, 0) is 0 Å². The van der Waals surface area contributed by atoms with Crippen molar-refractivity contribution < 1.29 is 18.1 Å². The lowest BCUT2D eigenvalue weighted by Crippen LogP contribution is -2.03. The standard InChI is InChI=1S/C11H7F3N4O2/c12-5-1-2-6(10(14)9(5)13)16-8-4-3-7(18(19)20)11(15)17-8/h1-4H,(H3,15,16,17). The van der Waals surface area contributed by atoms with E-state index in [9.17, 15) is 23.3 Å². The van der Waals surface area contributed by atoms with Crippen molar-refractivity contribution in [3.8, 4) is 0 Å². The third-order valence-corrected chi connectivity index (χ3v) is 2.40. The van der Waals surface area contributed by atoms with E-state index >= 15 is 0 Å². The van der Waals surface area contributed by atoms with Crippen LogP contribution in [0.15, 0.2) is 24.3 Å². The minimum atomic E-state index is -1.63. The summed E-state index contributed by atoms with van der Waals surface area (Å²) in [6.07, 6.45) is 0. The summed E-state index contributed by atoms with van der Waals surface area (Å²) in [5.74, 6) is -4.82. The van der Waals surface area contributed by atoms with Crippen LogP contribution >= 0.6 is 0 Å². The fraction of sp³-hybridized carbons (Fsp3) is 0. The maximum absolute atomic E-state index is 13.4. The van der Waals surface area contributed by atoms with E-state index in [1.807, 2.05) is 0 Å². The summed E-state index contributed by atoms with van der Waals surface area (Å²) in [5, 5.41) is 12.9. The molecule has 0 fully saturated rings. The van der Waals surface area contributed by atoms with E-state index in [2.05, 4.69) is 10.3 Å². The van der Waals surface area contributed by atoms with Crippen molar-refractivity contribution >= 4 is 23.0 Å². The van der Waals surface area contributed by atoms with Gasteiger partial charge in [-0.15, -0.1) is 0 Å². The zero-order chi connectivity index (χ0) is 14.9. The van der Waals surface area contributed by atoms with E-state index < -0.39 is 28.1 Å². The van der Waals surface area contributed by atoms with Crippen LogP contribution in [0.25, 0.3) is 0 Å². The largest absolute Gasteiger partial charge is 0.378 e. The van der Waals surface area contributed by atoms with Crippen molar-refractivity contribution in [3.63, 3.8) is 0 Å². The molecule has 0 bridgehead atoms. The van der Waals surface area contributed by atoms with E-state index in [1.54, 1.807) is 0 Å². The first-order valence-electron chi connectivity index (χ1n) is 5.21. The van der Waals surface area contributed by atoms with E-state index in [0.29, 0.717) is 0 Å². The maximum atomic E-state index is 13.4. The van der Waals surface area contributed by atoms with Crippen LogP contribution in [0.1, 0.15) is 0 Å². The number of hydrogen-bond donors (Lipinski definition) is 2. The molecule has 6 nitrogen and oxygen atoms in total. The molecule has 3 N–H and O–H groups in total. The summed E-state index contributed by atoms with van der Waals surface area (Å²) in [7, 11) is 0. The van der Waals surface area contributed by atoms with Gasteiger partial charge < -0.3 is 11.1 Å². The smallest absolute Gasteiger partial charge is 0.311 e. The molecule has 9 heteroatoms. The molecule has 0 spiro atoms. The highest BCUT2D eigenvalue weighted by molar-refractivity contribution is 5.63. The first-order valence-corrected chi connectivity index (χ1v) is 5.21. The topological polar surface area (TPSA) is 94.1 Å². The number of nitrogen functional groups attached to an aromatic ring is 1. The molecule has 0 aliphatic carbocycles. The van der Waals surface area contributed by atoms with Gasteiger partial charge in [-0.25, -0.2) is 18.2 Å². The number of benzene rings is 1. The Morgan fingerprint density at radius 3 is 2.45 bits per heavy atom. The predicted octanol–water partition coefficient (Wildman–Crippen LogP) is 2.73. The molecule has 0 radical (unpaired) electrons. The van der Waals surface area contributed by atoms with Crippen molar-refractivity contribution in [2.45, 2.75) is 0 Å². The van der Waals surface area contributed by atoms with Crippen molar-refractivity contribution in [2.75, 3.05) is 11.1 Å². The molecule has 0 amide bonds. The molecule has 2 aromatic rings. The van der Waals surface area contributed by atoms with Crippen molar-refractivity contribution in [2.24, 2.45) is 0 Å². The fourth-order valence-electron chi connectivity index (χ4n) is 1.45. The summed E-state index contributed by atoms with van der Waals surface area (Å²) in [6.45, 7) is 0. The van der Waals surface area contributed by atoms with Crippen molar-refractivity contribution in [3.05, 3.63) is 51.8 Å². The van der Waals surface area contributed by atoms with E-state index in [0.717, 1.165) is 24.3 Å². The highest BCUT2D eigenvalue weighted by atomic mass is 19.2. The molecular formula is C11H7F3N4O2. The number of anilines is 3. The Bertz CT molecular complexity index is 694. The van der Waals surface area contributed by atoms with Gasteiger partial charge in [-0.2, -0.15) is 0 Å². The lowest BCUT2D eigenvalue weighted by molar-refractivity contribution is -0.384. The summed E-state index contributed by atoms with van der Waals surface area (Å²) >= 11 is 0. The summed E-state index contributed by atoms with van der Waals surface area (Å²) < 4.78 is 39.2. The summed E-state index contributed by atoms with van der Waals surface area (Å²) in [6, 6.07) is 3.92. The Morgan fingerprint density at radius 2 is 1.85 bits per heavy atom. The SMILES string of the molecule is Nc1nc(Nc2ccc(F)c(F)c2F)ccc1[N+](=O)[O-]. The average molecular weight is 284 g/mol. The van der Waals surface area contributed by atoms with Gasteiger partial charge in [0.25, 0.3) is 0 Å². The highest BCUT2D eigenvalue weighted by Gasteiger charge is 2.16. The molecule has 104 valence electrons. The Kier molecular flexibility index (Phi) is 3.42.